The topological polar surface area (TPSA) is 49.3 Å². The number of rotatable bonds is 5. The Morgan fingerprint density at radius 1 is 1.29 bits per heavy atom. The lowest BCUT2D eigenvalue weighted by Gasteiger charge is -2.28. The Labute approximate surface area is 123 Å². The number of aliphatic hydroxyl groups excluding tert-OH is 1. The molecule has 0 aliphatic heterocycles. The second-order valence-electron chi connectivity index (χ2n) is 5.62. The number of hydrogen-bond donors (Lipinski definition) is 2. The summed E-state index contributed by atoms with van der Waals surface area (Å²) in [5.41, 5.74) is 0.292. The van der Waals surface area contributed by atoms with Gasteiger partial charge in [0.2, 0.25) is 5.91 Å². The molecule has 2 atom stereocenters. The maximum atomic E-state index is 13.4. The third kappa shape index (κ3) is 4.77. The third-order valence-corrected chi connectivity index (χ3v) is 3.93. The summed E-state index contributed by atoms with van der Waals surface area (Å²) >= 11 is 0. The minimum absolute atomic E-state index is 0.141. The molecule has 1 saturated carbocycles. The molecule has 21 heavy (non-hydrogen) atoms. The van der Waals surface area contributed by atoms with Crippen molar-refractivity contribution in [2.45, 2.75) is 57.1 Å². The molecule has 2 rings (SSSR count). The molecule has 1 amide bonds. The van der Waals surface area contributed by atoms with E-state index in [1.807, 2.05) is 0 Å². The molecule has 5 heteroatoms. The van der Waals surface area contributed by atoms with Gasteiger partial charge in [0.05, 0.1) is 12.1 Å². The highest BCUT2D eigenvalue weighted by molar-refractivity contribution is 5.76. The fourth-order valence-corrected chi connectivity index (χ4v) is 2.73. The highest BCUT2D eigenvalue weighted by atomic mass is 19.1. The number of aryl methyl sites for hydroxylation is 1. The largest absolute Gasteiger partial charge is 0.391 e. The van der Waals surface area contributed by atoms with Gasteiger partial charge in [0.15, 0.2) is 0 Å². The second kappa shape index (κ2) is 7.50. The Kier molecular flexibility index (Phi) is 5.67. The third-order valence-electron chi connectivity index (χ3n) is 3.93. The fraction of sp³-hybridized carbons (Fsp3) is 0.562. The van der Waals surface area contributed by atoms with Crippen LogP contribution in [0.25, 0.3) is 0 Å². The Balaban J connectivity index is 1.75. The van der Waals surface area contributed by atoms with Crippen LogP contribution in [0.15, 0.2) is 18.2 Å². The van der Waals surface area contributed by atoms with Crippen LogP contribution in [-0.2, 0) is 11.2 Å². The standard InChI is InChI=1S/C16H21F2NO2/c17-12-8-9-13(18)11(10-12)4-3-7-16(21)19-14-5-1-2-6-15(14)20/h8-10,14-15,20H,1-7H2,(H,19,21). The monoisotopic (exact) mass is 297 g/mol. The normalized spacial score (nSPS) is 22.0. The highest BCUT2D eigenvalue weighted by Gasteiger charge is 2.24. The van der Waals surface area contributed by atoms with E-state index in [0.29, 0.717) is 18.4 Å². The van der Waals surface area contributed by atoms with E-state index in [2.05, 4.69) is 5.32 Å². The molecule has 0 radical (unpaired) electrons. The lowest BCUT2D eigenvalue weighted by Crippen LogP contribution is -2.45. The van der Waals surface area contributed by atoms with Crippen molar-refractivity contribution in [3.8, 4) is 0 Å². The Bertz CT molecular complexity index is 493. The summed E-state index contributed by atoms with van der Waals surface area (Å²) < 4.78 is 26.4. The average Bonchev–Trinajstić information content (AvgIpc) is 2.45. The number of carbonyl (C=O) groups excluding carboxylic acids is 1. The minimum atomic E-state index is -0.471. The Morgan fingerprint density at radius 2 is 2.05 bits per heavy atom. The summed E-state index contributed by atoms with van der Waals surface area (Å²) in [6.07, 6.45) is 4.08. The van der Waals surface area contributed by atoms with Crippen LogP contribution in [0.4, 0.5) is 8.78 Å². The molecule has 3 nitrogen and oxygen atoms in total. The smallest absolute Gasteiger partial charge is 0.220 e. The van der Waals surface area contributed by atoms with Crippen molar-refractivity contribution in [1.29, 1.82) is 0 Å². The molecule has 0 spiro atoms. The summed E-state index contributed by atoms with van der Waals surface area (Å²) in [5, 5.41) is 12.6. The number of carbonyl (C=O) groups is 1. The fourth-order valence-electron chi connectivity index (χ4n) is 2.73. The van der Waals surface area contributed by atoms with Crippen molar-refractivity contribution in [2.24, 2.45) is 0 Å². The van der Waals surface area contributed by atoms with E-state index in [-0.39, 0.29) is 18.4 Å². The first-order valence-corrected chi connectivity index (χ1v) is 7.47. The maximum absolute atomic E-state index is 13.4. The summed E-state index contributed by atoms with van der Waals surface area (Å²) in [6.45, 7) is 0. The highest BCUT2D eigenvalue weighted by Crippen LogP contribution is 2.18. The van der Waals surface area contributed by atoms with Crippen molar-refractivity contribution < 1.29 is 18.7 Å². The van der Waals surface area contributed by atoms with Crippen LogP contribution in [0.2, 0.25) is 0 Å². The van der Waals surface area contributed by atoms with Gasteiger partial charge in [0.25, 0.3) is 0 Å². The van der Waals surface area contributed by atoms with Crippen LogP contribution in [0.3, 0.4) is 0 Å². The zero-order valence-corrected chi connectivity index (χ0v) is 11.9. The molecule has 0 aromatic heterocycles. The first kappa shape index (κ1) is 15.9. The van der Waals surface area contributed by atoms with E-state index < -0.39 is 17.7 Å². The van der Waals surface area contributed by atoms with Gasteiger partial charge in [0, 0.05) is 6.42 Å². The Hall–Kier alpha value is -1.49. The molecule has 116 valence electrons. The lowest BCUT2D eigenvalue weighted by molar-refractivity contribution is -0.123. The number of benzene rings is 1. The predicted molar refractivity (Wildman–Crippen MR) is 75.7 cm³/mol. The van der Waals surface area contributed by atoms with E-state index in [1.165, 1.54) is 0 Å². The minimum Gasteiger partial charge on any atom is -0.391 e. The van der Waals surface area contributed by atoms with Gasteiger partial charge in [-0.1, -0.05) is 12.8 Å². The SMILES string of the molecule is O=C(CCCc1cc(F)ccc1F)NC1CCCCC1O. The van der Waals surface area contributed by atoms with Crippen molar-refractivity contribution in [1.82, 2.24) is 5.32 Å². The molecule has 2 unspecified atom stereocenters. The molecule has 1 aliphatic carbocycles. The zero-order chi connectivity index (χ0) is 15.2. The van der Waals surface area contributed by atoms with Crippen LogP contribution in [0.1, 0.15) is 44.1 Å². The molecule has 2 N–H and O–H groups in total. The number of nitrogens with one attached hydrogen (secondary N) is 1. The zero-order valence-electron chi connectivity index (χ0n) is 11.9. The van der Waals surface area contributed by atoms with Gasteiger partial charge >= 0.3 is 0 Å². The van der Waals surface area contributed by atoms with Gasteiger partial charge in [-0.2, -0.15) is 0 Å². The van der Waals surface area contributed by atoms with Gasteiger partial charge in [-0.15, -0.1) is 0 Å². The van der Waals surface area contributed by atoms with E-state index >= 15 is 0 Å². The van der Waals surface area contributed by atoms with Crippen molar-refractivity contribution in [3.05, 3.63) is 35.4 Å². The maximum Gasteiger partial charge on any atom is 0.220 e. The number of halogens is 2. The van der Waals surface area contributed by atoms with Gasteiger partial charge in [-0.25, -0.2) is 8.78 Å². The molecule has 0 saturated heterocycles. The van der Waals surface area contributed by atoms with E-state index in [0.717, 1.165) is 43.9 Å². The summed E-state index contributed by atoms with van der Waals surface area (Å²) in [4.78, 5) is 11.8. The molecule has 0 bridgehead atoms. The molecule has 1 aromatic carbocycles. The molecular formula is C16H21F2NO2. The van der Waals surface area contributed by atoms with E-state index in [1.54, 1.807) is 0 Å². The first-order chi connectivity index (χ1) is 10.1. The van der Waals surface area contributed by atoms with Gasteiger partial charge < -0.3 is 10.4 Å². The Morgan fingerprint density at radius 3 is 2.81 bits per heavy atom. The van der Waals surface area contributed by atoms with Gasteiger partial charge in [0.1, 0.15) is 11.6 Å². The van der Waals surface area contributed by atoms with Crippen LogP contribution in [0, 0.1) is 11.6 Å². The van der Waals surface area contributed by atoms with Gasteiger partial charge in [-0.05, 0) is 49.4 Å². The molecule has 1 fully saturated rings. The predicted octanol–water partition coefficient (Wildman–Crippen LogP) is 2.71. The molecule has 0 heterocycles. The summed E-state index contributed by atoms with van der Waals surface area (Å²) in [6, 6.07) is 3.18. The van der Waals surface area contributed by atoms with Crippen molar-refractivity contribution >= 4 is 5.91 Å². The number of aliphatic hydroxyl groups is 1. The number of amides is 1. The summed E-state index contributed by atoms with van der Waals surface area (Å²) in [7, 11) is 0. The van der Waals surface area contributed by atoms with Crippen LogP contribution >= 0.6 is 0 Å². The lowest BCUT2D eigenvalue weighted by atomic mass is 9.92. The number of hydrogen-bond acceptors (Lipinski definition) is 2. The quantitative estimate of drug-likeness (QED) is 0.878. The average molecular weight is 297 g/mol. The second-order valence-corrected chi connectivity index (χ2v) is 5.62. The van der Waals surface area contributed by atoms with Crippen LogP contribution < -0.4 is 5.32 Å². The molecule has 1 aromatic rings. The summed E-state index contributed by atoms with van der Waals surface area (Å²) in [5.74, 6) is -1.06. The molecule has 1 aliphatic rings. The van der Waals surface area contributed by atoms with Crippen molar-refractivity contribution in [3.63, 3.8) is 0 Å². The van der Waals surface area contributed by atoms with E-state index in [4.69, 9.17) is 0 Å². The first-order valence-electron chi connectivity index (χ1n) is 7.47. The van der Waals surface area contributed by atoms with Crippen molar-refractivity contribution in [2.75, 3.05) is 0 Å². The van der Waals surface area contributed by atoms with Crippen LogP contribution in [0.5, 0.6) is 0 Å². The van der Waals surface area contributed by atoms with E-state index in [9.17, 15) is 18.7 Å². The molecular weight excluding hydrogens is 276 g/mol. The van der Waals surface area contributed by atoms with Crippen LogP contribution in [-0.4, -0.2) is 23.2 Å². The van der Waals surface area contributed by atoms with Gasteiger partial charge in [-0.3, -0.25) is 4.79 Å².